The summed E-state index contributed by atoms with van der Waals surface area (Å²) in [6.07, 6.45) is 3.76. The van der Waals surface area contributed by atoms with Gasteiger partial charge in [0.1, 0.15) is 0 Å². The van der Waals surface area contributed by atoms with Crippen LogP contribution in [0.2, 0.25) is 0 Å². The van der Waals surface area contributed by atoms with Crippen molar-refractivity contribution in [3.8, 4) is 0 Å². The van der Waals surface area contributed by atoms with Gasteiger partial charge in [0.25, 0.3) is 0 Å². The minimum absolute atomic E-state index is 0. The largest absolute Gasteiger partial charge is 0.391 e. The van der Waals surface area contributed by atoms with Crippen molar-refractivity contribution >= 4 is 12.4 Å². The molecule has 0 radical (unpaired) electrons. The Balaban J connectivity index is 0. The van der Waals surface area contributed by atoms with Crippen molar-refractivity contribution in [2.24, 2.45) is 0 Å². The number of aromatic nitrogens is 1. The number of pyridine rings is 1. The third-order valence-corrected chi connectivity index (χ3v) is 1.03. The van der Waals surface area contributed by atoms with Crippen molar-refractivity contribution in [3.63, 3.8) is 0 Å². The molecule has 0 unspecified atom stereocenters. The monoisotopic (exact) mass is 206 g/mol. The Bertz CT molecular complexity index is 155. The van der Waals surface area contributed by atoms with E-state index >= 15 is 0 Å². The van der Waals surface area contributed by atoms with Crippen LogP contribution in [0.1, 0.15) is 12.6 Å². The van der Waals surface area contributed by atoms with Crippen molar-refractivity contribution in [1.29, 1.82) is 0 Å². The SMILES string of the molecule is CCc1ccc[c-]n1.Cl.[Zn]. The van der Waals surface area contributed by atoms with Crippen LogP contribution in [-0.4, -0.2) is 4.98 Å². The number of aryl methyl sites for hydroxylation is 1. The maximum absolute atomic E-state index is 3.97. The van der Waals surface area contributed by atoms with Crippen molar-refractivity contribution in [3.05, 3.63) is 30.1 Å². The summed E-state index contributed by atoms with van der Waals surface area (Å²) in [5.74, 6) is 0. The quantitative estimate of drug-likeness (QED) is 0.507. The zero-order valence-corrected chi connectivity index (χ0v) is 9.79. The Kier molecular flexibility index (Phi) is 9.12. The molecule has 0 saturated heterocycles. The van der Waals surface area contributed by atoms with Crippen LogP contribution >= 0.6 is 12.4 Å². The number of hydrogen-bond acceptors (Lipinski definition) is 1. The Labute approximate surface area is 80.4 Å². The van der Waals surface area contributed by atoms with E-state index in [1.807, 2.05) is 12.1 Å². The predicted molar refractivity (Wildman–Crippen MR) is 39.7 cm³/mol. The van der Waals surface area contributed by atoms with Crippen LogP contribution in [0.5, 0.6) is 0 Å². The minimum Gasteiger partial charge on any atom is -0.391 e. The predicted octanol–water partition coefficient (Wildman–Crippen LogP) is 1.86. The maximum Gasteiger partial charge on any atom is 0 e. The zero-order chi connectivity index (χ0) is 5.82. The zero-order valence-electron chi connectivity index (χ0n) is 6.00. The van der Waals surface area contributed by atoms with Crippen LogP contribution in [0.15, 0.2) is 18.2 Å². The minimum atomic E-state index is 0. The second-order valence-electron chi connectivity index (χ2n) is 1.61. The molecule has 0 fully saturated rings. The summed E-state index contributed by atoms with van der Waals surface area (Å²) in [6, 6.07) is 5.75. The van der Waals surface area contributed by atoms with Crippen LogP contribution in [0.25, 0.3) is 0 Å². The van der Waals surface area contributed by atoms with E-state index in [0.717, 1.165) is 12.1 Å². The fourth-order valence-electron chi connectivity index (χ4n) is 0.557. The summed E-state index contributed by atoms with van der Waals surface area (Å²) in [6.45, 7) is 2.08. The van der Waals surface area contributed by atoms with Crippen molar-refractivity contribution in [2.75, 3.05) is 0 Å². The molecule has 0 aliphatic carbocycles. The van der Waals surface area contributed by atoms with Gasteiger partial charge in [-0.15, -0.1) is 12.4 Å². The Morgan fingerprint density at radius 2 is 2.30 bits per heavy atom. The van der Waals surface area contributed by atoms with Gasteiger partial charge < -0.3 is 4.98 Å². The van der Waals surface area contributed by atoms with Gasteiger partial charge in [0.2, 0.25) is 0 Å². The Morgan fingerprint density at radius 3 is 2.60 bits per heavy atom. The first-order valence-electron chi connectivity index (χ1n) is 2.75. The number of halogens is 1. The molecule has 0 N–H and O–H groups in total. The van der Waals surface area contributed by atoms with Crippen LogP contribution in [-0.2, 0) is 25.9 Å². The summed E-state index contributed by atoms with van der Waals surface area (Å²) in [5.41, 5.74) is 1.10. The third-order valence-electron chi connectivity index (χ3n) is 1.03. The van der Waals surface area contributed by atoms with Gasteiger partial charge in [-0.1, -0.05) is 25.2 Å². The molecule has 0 atom stereocenters. The van der Waals surface area contributed by atoms with Crippen LogP contribution in [0, 0.1) is 6.20 Å². The molecule has 0 amide bonds. The first kappa shape index (κ1) is 12.7. The summed E-state index contributed by atoms with van der Waals surface area (Å²) in [5, 5.41) is 0. The van der Waals surface area contributed by atoms with E-state index in [1.165, 1.54) is 0 Å². The molecule has 0 aromatic carbocycles. The van der Waals surface area contributed by atoms with E-state index in [2.05, 4.69) is 18.1 Å². The Morgan fingerprint density at radius 1 is 1.60 bits per heavy atom. The van der Waals surface area contributed by atoms with Crippen molar-refractivity contribution in [1.82, 2.24) is 4.98 Å². The Hall–Kier alpha value is 0.0634. The van der Waals surface area contributed by atoms with Gasteiger partial charge in [-0.25, -0.2) is 0 Å². The summed E-state index contributed by atoms with van der Waals surface area (Å²) in [7, 11) is 0. The van der Waals surface area contributed by atoms with Crippen molar-refractivity contribution in [2.45, 2.75) is 13.3 Å². The molecule has 0 bridgehead atoms. The molecule has 0 aliphatic heterocycles. The van der Waals surface area contributed by atoms with Crippen molar-refractivity contribution < 1.29 is 19.5 Å². The van der Waals surface area contributed by atoms with Crippen LogP contribution < -0.4 is 0 Å². The first-order valence-corrected chi connectivity index (χ1v) is 2.75. The molecular formula is C7H9ClNZn-. The topological polar surface area (TPSA) is 12.9 Å². The second kappa shape index (κ2) is 7.17. The first-order chi connectivity index (χ1) is 3.93. The molecule has 0 spiro atoms. The molecule has 1 aromatic rings. The van der Waals surface area contributed by atoms with Crippen LogP contribution in [0.3, 0.4) is 0 Å². The summed E-state index contributed by atoms with van der Waals surface area (Å²) in [4.78, 5) is 3.97. The summed E-state index contributed by atoms with van der Waals surface area (Å²) < 4.78 is 0. The van der Waals surface area contributed by atoms with E-state index in [-0.39, 0.29) is 31.9 Å². The van der Waals surface area contributed by atoms with E-state index in [9.17, 15) is 0 Å². The number of rotatable bonds is 1. The van der Waals surface area contributed by atoms with Gasteiger partial charge in [0.15, 0.2) is 0 Å². The molecule has 1 nitrogen and oxygen atoms in total. The average Bonchev–Trinajstić information content (AvgIpc) is 1.90. The van der Waals surface area contributed by atoms with Crippen LogP contribution in [0.4, 0.5) is 0 Å². The number of nitrogens with zero attached hydrogens (tertiary/aromatic N) is 1. The van der Waals surface area contributed by atoms with Gasteiger partial charge in [-0.2, -0.15) is 18.2 Å². The van der Waals surface area contributed by atoms with E-state index in [0.29, 0.717) is 0 Å². The average molecular weight is 208 g/mol. The van der Waals surface area contributed by atoms with Gasteiger partial charge in [-0.05, 0) is 0 Å². The van der Waals surface area contributed by atoms with Gasteiger partial charge >= 0.3 is 0 Å². The molecule has 0 aliphatic rings. The molecule has 1 aromatic heterocycles. The fraction of sp³-hybridized carbons (Fsp3) is 0.286. The smallest absolute Gasteiger partial charge is 0 e. The molecule has 1 rings (SSSR count). The molecular weight excluding hydrogens is 199 g/mol. The number of hydrogen-bond donors (Lipinski definition) is 0. The van der Waals surface area contributed by atoms with Gasteiger partial charge in [-0.3, -0.25) is 0 Å². The van der Waals surface area contributed by atoms with Gasteiger partial charge in [0, 0.05) is 19.5 Å². The molecule has 3 heteroatoms. The van der Waals surface area contributed by atoms with E-state index < -0.39 is 0 Å². The van der Waals surface area contributed by atoms with E-state index in [4.69, 9.17) is 0 Å². The molecule has 0 saturated carbocycles. The normalized spacial score (nSPS) is 7.30. The molecule has 1 heterocycles. The van der Waals surface area contributed by atoms with E-state index in [1.54, 1.807) is 6.07 Å². The van der Waals surface area contributed by atoms with Gasteiger partial charge in [0.05, 0.1) is 0 Å². The molecule has 52 valence electrons. The standard InChI is InChI=1S/C7H8N.ClH.Zn/c1-2-7-5-3-4-6-8-7;;/h3-5H,2H2,1H3;1H;/q-1;;. The maximum atomic E-state index is 3.97. The second-order valence-corrected chi connectivity index (χ2v) is 1.61. The molecule has 10 heavy (non-hydrogen) atoms. The summed E-state index contributed by atoms with van der Waals surface area (Å²) >= 11 is 0. The fourth-order valence-corrected chi connectivity index (χ4v) is 0.557. The third kappa shape index (κ3) is 3.97.